The summed E-state index contributed by atoms with van der Waals surface area (Å²) in [6.07, 6.45) is 6.41. The first-order valence-electron chi connectivity index (χ1n) is 6.92. The number of thiophene rings is 1. The molecule has 1 heterocycles. The first-order chi connectivity index (χ1) is 9.65. The van der Waals surface area contributed by atoms with Crippen LogP contribution in [0.4, 0.5) is 0 Å². The lowest BCUT2D eigenvalue weighted by molar-refractivity contribution is -0.131. The van der Waals surface area contributed by atoms with Gasteiger partial charge >= 0.3 is 5.97 Å². The number of hydrogen-bond acceptors (Lipinski definition) is 3. The zero-order valence-corrected chi connectivity index (χ0v) is 11.9. The summed E-state index contributed by atoms with van der Waals surface area (Å²) in [4.78, 5) is 24.4. The van der Waals surface area contributed by atoms with E-state index in [1.807, 2.05) is 12.1 Å². The fourth-order valence-corrected chi connectivity index (χ4v) is 4.09. The topological polar surface area (TPSA) is 66.4 Å². The number of carbonyl (C=O) groups is 2. The molecule has 0 radical (unpaired) electrons. The third-order valence-corrected chi connectivity index (χ3v) is 5.27. The van der Waals surface area contributed by atoms with Crippen LogP contribution in [0.1, 0.15) is 29.0 Å². The third kappa shape index (κ3) is 2.77. The van der Waals surface area contributed by atoms with E-state index in [1.54, 1.807) is 6.08 Å². The molecule has 1 aromatic rings. The number of carboxylic acid groups (broad SMARTS) is 1. The lowest BCUT2D eigenvalue weighted by Crippen LogP contribution is -2.25. The molecule has 0 bridgehead atoms. The first-order valence-corrected chi connectivity index (χ1v) is 7.74. The molecule has 0 saturated heterocycles. The zero-order chi connectivity index (χ0) is 14.1. The van der Waals surface area contributed by atoms with Crippen molar-refractivity contribution in [2.75, 3.05) is 0 Å². The summed E-state index contributed by atoms with van der Waals surface area (Å²) in [7, 11) is 0. The number of aliphatic carboxylic acids is 1. The van der Waals surface area contributed by atoms with Crippen LogP contribution in [0.15, 0.2) is 18.2 Å². The SMILES string of the molecule is O=C(O)/C=C/c1ccc(CNC(=O)C2C3CCCC32)s1. The molecule has 0 spiro atoms. The molecule has 2 N–H and O–H groups in total. The molecule has 5 heteroatoms. The molecular formula is C15H17NO3S. The number of carboxylic acids is 1. The van der Waals surface area contributed by atoms with Crippen molar-refractivity contribution in [3.63, 3.8) is 0 Å². The van der Waals surface area contributed by atoms with E-state index in [2.05, 4.69) is 5.32 Å². The lowest BCUT2D eigenvalue weighted by Gasteiger charge is -2.04. The summed E-state index contributed by atoms with van der Waals surface area (Å²) in [5.74, 6) is 0.791. The van der Waals surface area contributed by atoms with Crippen molar-refractivity contribution in [2.45, 2.75) is 25.8 Å². The molecule has 2 aliphatic rings. The van der Waals surface area contributed by atoms with Crippen LogP contribution < -0.4 is 5.32 Å². The largest absolute Gasteiger partial charge is 0.478 e. The van der Waals surface area contributed by atoms with E-state index in [9.17, 15) is 9.59 Å². The molecule has 2 fully saturated rings. The Balaban J connectivity index is 1.49. The van der Waals surface area contributed by atoms with Gasteiger partial charge in [0.15, 0.2) is 0 Å². The van der Waals surface area contributed by atoms with Gasteiger partial charge in [-0.1, -0.05) is 6.42 Å². The van der Waals surface area contributed by atoms with Gasteiger partial charge in [0, 0.05) is 21.7 Å². The van der Waals surface area contributed by atoms with Gasteiger partial charge in [-0.15, -0.1) is 11.3 Å². The predicted octanol–water partition coefficient (Wildman–Crippen LogP) is 2.51. The average Bonchev–Trinajstić information content (AvgIpc) is 2.83. The van der Waals surface area contributed by atoms with Crippen LogP contribution in [0, 0.1) is 17.8 Å². The average molecular weight is 291 g/mol. The second-order valence-corrected chi connectivity index (χ2v) is 6.68. The summed E-state index contributed by atoms with van der Waals surface area (Å²) < 4.78 is 0. The standard InChI is InChI=1S/C15H17NO3S/c17-13(18)7-6-9-4-5-10(20-9)8-16-15(19)14-11-2-1-3-12(11)14/h4-7,11-12,14H,1-3,8H2,(H,16,19)(H,17,18)/b7-6+. The van der Waals surface area contributed by atoms with E-state index in [-0.39, 0.29) is 11.8 Å². The van der Waals surface area contributed by atoms with Crippen LogP contribution in [0.5, 0.6) is 0 Å². The molecule has 0 aliphatic heterocycles. The Morgan fingerprint density at radius 1 is 1.35 bits per heavy atom. The fourth-order valence-electron chi connectivity index (χ4n) is 3.23. The minimum absolute atomic E-state index is 0.190. The van der Waals surface area contributed by atoms with Crippen molar-refractivity contribution in [1.29, 1.82) is 0 Å². The van der Waals surface area contributed by atoms with Gasteiger partial charge in [0.1, 0.15) is 0 Å². The van der Waals surface area contributed by atoms with Gasteiger partial charge in [0.05, 0.1) is 6.54 Å². The Kier molecular flexibility index (Phi) is 3.61. The molecular weight excluding hydrogens is 274 g/mol. The maximum atomic E-state index is 12.0. The Hall–Kier alpha value is -1.62. The molecule has 0 aromatic carbocycles. The van der Waals surface area contributed by atoms with Gasteiger partial charge in [-0.3, -0.25) is 4.79 Å². The molecule has 2 saturated carbocycles. The summed E-state index contributed by atoms with van der Waals surface area (Å²) in [5.41, 5.74) is 0. The highest BCUT2D eigenvalue weighted by Gasteiger charge is 2.56. The van der Waals surface area contributed by atoms with Crippen LogP contribution in [-0.2, 0) is 16.1 Å². The summed E-state index contributed by atoms with van der Waals surface area (Å²) in [5, 5.41) is 11.6. The molecule has 1 amide bonds. The highest BCUT2D eigenvalue weighted by Crippen LogP contribution is 2.57. The second kappa shape index (κ2) is 5.40. The summed E-state index contributed by atoms with van der Waals surface area (Å²) in [6, 6.07) is 3.80. The molecule has 2 atom stereocenters. The van der Waals surface area contributed by atoms with Gasteiger partial charge in [-0.2, -0.15) is 0 Å². The van der Waals surface area contributed by atoms with Gasteiger partial charge in [0.25, 0.3) is 0 Å². The van der Waals surface area contributed by atoms with Crippen LogP contribution in [0.2, 0.25) is 0 Å². The Bertz CT molecular complexity index is 553. The smallest absolute Gasteiger partial charge is 0.328 e. The van der Waals surface area contributed by atoms with Crippen molar-refractivity contribution in [3.8, 4) is 0 Å². The number of fused-ring (bicyclic) bond motifs is 1. The van der Waals surface area contributed by atoms with Gasteiger partial charge < -0.3 is 10.4 Å². The molecule has 106 valence electrons. The second-order valence-electron chi connectivity index (χ2n) is 5.48. The van der Waals surface area contributed by atoms with Gasteiger partial charge in [-0.25, -0.2) is 4.79 Å². The summed E-state index contributed by atoms with van der Waals surface area (Å²) >= 11 is 1.51. The number of nitrogens with one attached hydrogen (secondary N) is 1. The van der Waals surface area contributed by atoms with E-state index in [0.29, 0.717) is 18.4 Å². The normalized spacial score (nSPS) is 27.5. The number of hydrogen-bond donors (Lipinski definition) is 2. The molecule has 3 rings (SSSR count). The Morgan fingerprint density at radius 2 is 2.10 bits per heavy atom. The fraction of sp³-hybridized carbons (Fsp3) is 0.467. The highest BCUT2D eigenvalue weighted by molar-refractivity contribution is 7.12. The Morgan fingerprint density at radius 3 is 2.80 bits per heavy atom. The third-order valence-electron chi connectivity index (χ3n) is 4.22. The predicted molar refractivity (Wildman–Crippen MR) is 77.2 cm³/mol. The maximum absolute atomic E-state index is 12.0. The van der Waals surface area contributed by atoms with Crippen molar-refractivity contribution in [2.24, 2.45) is 17.8 Å². The van der Waals surface area contributed by atoms with Gasteiger partial charge in [0.2, 0.25) is 5.91 Å². The molecule has 2 aliphatic carbocycles. The van der Waals surface area contributed by atoms with Crippen LogP contribution in [0.3, 0.4) is 0 Å². The van der Waals surface area contributed by atoms with Crippen molar-refractivity contribution >= 4 is 29.3 Å². The monoisotopic (exact) mass is 291 g/mol. The first kappa shape index (κ1) is 13.4. The minimum Gasteiger partial charge on any atom is -0.478 e. The van der Waals surface area contributed by atoms with Gasteiger partial charge in [-0.05, 0) is 42.9 Å². The van der Waals surface area contributed by atoms with E-state index < -0.39 is 5.97 Å². The zero-order valence-electron chi connectivity index (χ0n) is 11.0. The molecule has 2 unspecified atom stereocenters. The Labute approximate surface area is 121 Å². The number of carbonyl (C=O) groups excluding carboxylic acids is 1. The molecule has 4 nitrogen and oxygen atoms in total. The van der Waals surface area contributed by atoms with E-state index in [0.717, 1.165) is 15.8 Å². The minimum atomic E-state index is -0.950. The van der Waals surface area contributed by atoms with Crippen LogP contribution in [-0.4, -0.2) is 17.0 Å². The van der Waals surface area contributed by atoms with Crippen LogP contribution >= 0.6 is 11.3 Å². The van der Waals surface area contributed by atoms with Crippen molar-refractivity contribution < 1.29 is 14.7 Å². The van der Waals surface area contributed by atoms with E-state index >= 15 is 0 Å². The maximum Gasteiger partial charge on any atom is 0.328 e. The molecule has 20 heavy (non-hydrogen) atoms. The number of rotatable bonds is 5. The summed E-state index contributed by atoms with van der Waals surface area (Å²) in [6.45, 7) is 0.542. The number of amides is 1. The highest BCUT2D eigenvalue weighted by atomic mass is 32.1. The lowest BCUT2D eigenvalue weighted by atomic mass is 10.1. The molecule has 1 aromatic heterocycles. The quantitative estimate of drug-likeness (QED) is 0.819. The van der Waals surface area contributed by atoms with E-state index in [4.69, 9.17) is 5.11 Å². The van der Waals surface area contributed by atoms with Crippen molar-refractivity contribution in [1.82, 2.24) is 5.32 Å². The van der Waals surface area contributed by atoms with Crippen molar-refractivity contribution in [3.05, 3.63) is 28.0 Å². The van der Waals surface area contributed by atoms with Crippen LogP contribution in [0.25, 0.3) is 6.08 Å². The van der Waals surface area contributed by atoms with E-state index in [1.165, 1.54) is 30.6 Å².